The minimum absolute atomic E-state index is 0.104. The average molecular weight is 489 g/mol. The van der Waals surface area contributed by atoms with Gasteiger partial charge in [-0.15, -0.1) is 0 Å². The monoisotopic (exact) mass is 488 g/mol. The van der Waals surface area contributed by atoms with E-state index in [1.807, 2.05) is 12.1 Å². The van der Waals surface area contributed by atoms with Crippen LogP contribution in [0.25, 0.3) is 0 Å². The molecule has 2 aromatic rings. The number of amides is 4. The number of hydrogen-bond donors (Lipinski definition) is 2. The standard InChI is InChI=1S/C27H28N4O5/c32-24-8-7-23(25(33)29-24)31-26(34)20-6-5-16(11-21(20)27(31)35)13-30-14-17(12-18-15-36-10-9-28-18)19-3-1-2-4-22(19)30/h1-6,11,17-18,23,28H,7-10,12-15H2,(H,29,32,33). The van der Waals surface area contributed by atoms with Gasteiger partial charge in [0.1, 0.15) is 6.04 Å². The molecule has 0 aliphatic carbocycles. The highest BCUT2D eigenvalue weighted by molar-refractivity contribution is 6.23. The number of carbonyl (C=O) groups is 4. The van der Waals surface area contributed by atoms with Gasteiger partial charge in [0.2, 0.25) is 11.8 Å². The largest absolute Gasteiger partial charge is 0.379 e. The van der Waals surface area contributed by atoms with Crippen molar-refractivity contribution in [3.63, 3.8) is 0 Å². The van der Waals surface area contributed by atoms with Crippen molar-refractivity contribution in [2.45, 2.75) is 43.8 Å². The second-order valence-electron chi connectivity index (χ2n) is 9.93. The van der Waals surface area contributed by atoms with Crippen LogP contribution in [-0.2, 0) is 20.9 Å². The summed E-state index contributed by atoms with van der Waals surface area (Å²) in [6.07, 6.45) is 1.24. The van der Waals surface area contributed by atoms with E-state index in [1.54, 1.807) is 12.1 Å². The zero-order chi connectivity index (χ0) is 24.8. The molecule has 0 bridgehead atoms. The third-order valence-electron chi connectivity index (χ3n) is 7.60. The molecule has 0 radical (unpaired) electrons. The highest BCUT2D eigenvalue weighted by atomic mass is 16.5. The zero-order valence-corrected chi connectivity index (χ0v) is 19.9. The molecule has 3 atom stereocenters. The molecule has 4 amide bonds. The lowest BCUT2D eigenvalue weighted by atomic mass is 9.94. The molecule has 4 aliphatic heterocycles. The number of nitrogens with one attached hydrogen (secondary N) is 2. The van der Waals surface area contributed by atoms with E-state index in [2.05, 4.69) is 33.7 Å². The summed E-state index contributed by atoms with van der Waals surface area (Å²) in [5.74, 6) is -1.56. The van der Waals surface area contributed by atoms with Crippen molar-refractivity contribution < 1.29 is 23.9 Å². The Labute approximate surface area is 208 Å². The van der Waals surface area contributed by atoms with E-state index in [-0.39, 0.29) is 18.7 Å². The third kappa shape index (κ3) is 3.98. The Morgan fingerprint density at radius 1 is 1.00 bits per heavy atom. The van der Waals surface area contributed by atoms with Crippen molar-refractivity contribution in [3.05, 3.63) is 64.7 Å². The normalized spacial score (nSPS) is 25.7. The predicted molar refractivity (Wildman–Crippen MR) is 131 cm³/mol. The Kier molecular flexibility index (Phi) is 5.81. The van der Waals surface area contributed by atoms with E-state index in [9.17, 15) is 19.2 Å². The van der Waals surface area contributed by atoms with Crippen molar-refractivity contribution in [1.29, 1.82) is 0 Å². The lowest BCUT2D eigenvalue weighted by Crippen LogP contribution is -2.54. The predicted octanol–water partition coefficient (Wildman–Crippen LogP) is 1.57. The van der Waals surface area contributed by atoms with Crippen molar-refractivity contribution >= 4 is 29.3 Å². The van der Waals surface area contributed by atoms with Gasteiger partial charge < -0.3 is 15.0 Å². The fourth-order valence-corrected chi connectivity index (χ4v) is 5.89. The number of imide groups is 2. The van der Waals surface area contributed by atoms with Crippen LogP contribution < -0.4 is 15.5 Å². The number of anilines is 1. The molecule has 186 valence electrons. The first-order chi connectivity index (χ1) is 17.5. The van der Waals surface area contributed by atoms with Crippen LogP contribution in [0, 0.1) is 0 Å². The van der Waals surface area contributed by atoms with Gasteiger partial charge in [0.05, 0.1) is 24.3 Å². The van der Waals surface area contributed by atoms with Gasteiger partial charge in [0, 0.05) is 43.7 Å². The van der Waals surface area contributed by atoms with E-state index in [4.69, 9.17) is 4.74 Å². The van der Waals surface area contributed by atoms with Gasteiger partial charge in [0.15, 0.2) is 0 Å². The average Bonchev–Trinajstić information content (AvgIpc) is 3.34. The number of rotatable bonds is 5. The maximum absolute atomic E-state index is 13.2. The summed E-state index contributed by atoms with van der Waals surface area (Å²) < 4.78 is 5.65. The third-order valence-corrected chi connectivity index (χ3v) is 7.60. The molecule has 2 aromatic carbocycles. The molecule has 9 heteroatoms. The summed E-state index contributed by atoms with van der Waals surface area (Å²) in [6.45, 7) is 3.83. The Bertz CT molecular complexity index is 1250. The second kappa shape index (κ2) is 9.15. The Hall–Kier alpha value is -3.56. The smallest absolute Gasteiger partial charge is 0.262 e. The Morgan fingerprint density at radius 2 is 1.83 bits per heavy atom. The van der Waals surface area contributed by atoms with E-state index in [0.29, 0.717) is 29.6 Å². The van der Waals surface area contributed by atoms with Crippen LogP contribution in [0.3, 0.4) is 0 Å². The van der Waals surface area contributed by atoms with Gasteiger partial charge >= 0.3 is 0 Å². The highest BCUT2D eigenvalue weighted by Gasteiger charge is 2.44. The van der Waals surface area contributed by atoms with Gasteiger partial charge in [-0.2, -0.15) is 0 Å². The van der Waals surface area contributed by atoms with E-state index in [1.165, 1.54) is 11.3 Å². The lowest BCUT2D eigenvalue weighted by Gasteiger charge is -2.27. The number of hydrogen-bond acceptors (Lipinski definition) is 7. The molecule has 2 fully saturated rings. The number of para-hydroxylation sites is 1. The maximum atomic E-state index is 13.2. The summed E-state index contributed by atoms with van der Waals surface area (Å²) in [5, 5.41) is 5.78. The van der Waals surface area contributed by atoms with Gasteiger partial charge in [0.25, 0.3) is 11.8 Å². The molecule has 4 heterocycles. The molecule has 36 heavy (non-hydrogen) atoms. The first-order valence-electron chi connectivity index (χ1n) is 12.5. The molecule has 4 aliphatic rings. The highest BCUT2D eigenvalue weighted by Crippen LogP contribution is 2.40. The van der Waals surface area contributed by atoms with Crippen LogP contribution in [-0.4, -0.2) is 66.9 Å². The molecular weight excluding hydrogens is 460 g/mol. The summed E-state index contributed by atoms with van der Waals surface area (Å²) in [7, 11) is 0. The van der Waals surface area contributed by atoms with Gasteiger partial charge in [-0.25, -0.2) is 0 Å². The molecule has 3 unspecified atom stereocenters. The number of ether oxygens (including phenoxy) is 1. The number of nitrogens with zero attached hydrogens (tertiary/aromatic N) is 2. The molecular formula is C27H28N4O5. The summed E-state index contributed by atoms with van der Waals surface area (Å²) in [5.41, 5.74) is 4.05. The van der Waals surface area contributed by atoms with Crippen LogP contribution in [0.4, 0.5) is 5.69 Å². The maximum Gasteiger partial charge on any atom is 0.262 e. The summed E-state index contributed by atoms with van der Waals surface area (Å²) >= 11 is 0. The lowest BCUT2D eigenvalue weighted by molar-refractivity contribution is -0.136. The molecule has 0 aromatic heterocycles. The van der Waals surface area contributed by atoms with Crippen molar-refractivity contribution in [1.82, 2.24) is 15.5 Å². The van der Waals surface area contributed by atoms with Crippen LogP contribution in [0.5, 0.6) is 0 Å². The quantitative estimate of drug-likeness (QED) is 0.615. The van der Waals surface area contributed by atoms with Crippen LogP contribution in [0.1, 0.15) is 57.0 Å². The minimum atomic E-state index is -0.956. The van der Waals surface area contributed by atoms with E-state index in [0.717, 1.165) is 43.2 Å². The number of carbonyl (C=O) groups excluding carboxylic acids is 4. The first kappa shape index (κ1) is 22.9. The van der Waals surface area contributed by atoms with Crippen molar-refractivity contribution in [2.75, 3.05) is 31.2 Å². The molecule has 2 saturated heterocycles. The minimum Gasteiger partial charge on any atom is -0.379 e. The molecule has 6 rings (SSSR count). The van der Waals surface area contributed by atoms with E-state index >= 15 is 0 Å². The molecule has 2 N–H and O–H groups in total. The van der Waals surface area contributed by atoms with Crippen LogP contribution in [0.2, 0.25) is 0 Å². The molecule has 9 nitrogen and oxygen atoms in total. The second-order valence-corrected chi connectivity index (χ2v) is 9.93. The van der Waals surface area contributed by atoms with Gasteiger partial charge in [-0.3, -0.25) is 29.4 Å². The topological polar surface area (TPSA) is 108 Å². The van der Waals surface area contributed by atoms with E-state index < -0.39 is 23.8 Å². The summed E-state index contributed by atoms with van der Waals surface area (Å²) in [4.78, 5) is 53.4. The fraction of sp³-hybridized carbons (Fsp3) is 0.407. The number of benzene rings is 2. The Balaban J connectivity index is 1.21. The number of morpholine rings is 1. The molecule has 0 saturated carbocycles. The first-order valence-corrected chi connectivity index (χ1v) is 12.5. The Morgan fingerprint density at radius 3 is 2.64 bits per heavy atom. The van der Waals surface area contributed by atoms with Gasteiger partial charge in [-0.05, 0) is 42.2 Å². The SMILES string of the molecule is O=C1CCC(N2C(=O)c3ccc(CN4CC(CC5COCCN5)c5ccccc54)cc3C2=O)C(=O)N1. The van der Waals surface area contributed by atoms with Crippen LogP contribution >= 0.6 is 0 Å². The van der Waals surface area contributed by atoms with Crippen molar-refractivity contribution in [3.8, 4) is 0 Å². The van der Waals surface area contributed by atoms with Crippen LogP contribution in [0.15, 0.2) is 42.5 Å². The zero-order valence-electron chi connectivity index (χ0n) is 19.9. The number of piperidine rings is 1. The van der Waals surface area contributed by atoms with Crippen molar-refractivity contribution in [2.24, 2.45) is 0 Å². The van der Waals surface area contributed by atoms with Gasteiger partial charge in [-0.1, -0.05) is 24.3 Å². The summed E-state index contributed by atoms with van der Waals surface area (Å²) in [6, 6.07) is 13.1. The molecule has 0 spiro atoms. The number of fused-ring (bicyclic) bond motifs is 2. The fourth-order valence-electron chi connectivity index (χ4n) is 5.89.